The van der Waals surface area contributed by atoms with Crippen molar-refractivity contribution in [3.8, 4) is 0 Å². The van der Waals surface area contributed by atoms with Gasteiger partial charge in [-0.25, -0.2) is 9.37 Å². The van der Waals surface area contributed by atoms with Crippen molar-refractivity contribution < 1.29 is 9.50 Å². The molecule has 0 amide bonds. The highest BCUT2D eigenvalue weighted by Gasteiger charge is 2.20. The Kier molecular flexibility index (Phi) is 3.96. The van der Waals surface area contributed by atoms with Gasteiger partial charge in [0.2, 0.25) is 0 Å². The van der Waals surface area contributed by atoms with Crippen molar-refractivity contribution in [1.82, 2.24) is 9.97 Å². The summed E-state index contributed by atoms with van der Waals surface area (Å²) in [6.07, 6.45) is 3.25. The van der Waals surface area contributed by atoms with Crippen LogP contribution in [0.4, 0.5) is 15.9 Å². The molecule has 0 aliphatic carbocycles. The van der Waals surface area contributed by atoms with Crippen LogP contribution in [-0.2, 0) is 6.61 Å². The normalized spacial score (nSPS) is 15.3. The van der Waals surface area contributed by atoms with E-state index in [1.54, 1.807) is 24.5 Å². The molecule has 6 heteroatoms. The summed E-state index contributed by atoms with van der Waals surface area (Å²) >= 11 is 0. The van der Waals surface area contributed by atoms with Crippen LogP contribution in [0.2, 0.25) is 0 Å². The van der Waals surface area contributed by atoms with Gasteiger partial charge in [-0.3, -0.25) is 4.98 Å². The maximum atomic E-state index is 13.8. The highest BCUT2D eigenvalue weighted by molar-refractivity contribution is 5.50. The molecule has 0 unspecified atom stereocenters. The second-order valence-corrected chi connectivity index (χ2v) is 4.95. The number of piperazine rings is 1. The van der Waals surface area contributed by atoms with Crippen LogP contribution in [0.1, 0.15) is 5.69 Å². The third-order valence-electron chi connectivity index (χ3n) is 3.63. The van der Waals surface area contributed by atoms with Gasteiger partial charge in [-0.2, -0.15) is 0 Å². The lowest BCUT2D eigenvalue weighted by molar-refractivity contribution is 0.276. The van der Waals surface area contributed by atoms with Crippen molar-refractivity contribution in [3.63, 3.8) is 0 Å². The van der Waals surface area contributed by atoms with E-state index in [0.717, 1.165) is 32.0 Å². The number of anilines is 2. The van der Waals surface area contributed by atoms with E-state index in [1.807, 2.05) is 11.0 Å². The van der Waals surface area contributed by atoms with Crippen molar-refractivity contribution in [2.75, 3.05) is 36.0 Å². The van der Waals surface area contributed by atoms with E-state index in [4.69, 9.17) is 5.11 Å². The van der Waals surface area contributed by atoms with E-state index >= 15 is 0 Å². The quantitative estimate of drug-likeness (QED) is 0.926. The number of hydrogen-bond acceptors (Lipinski definition) is 5. The van der Waals surface area contributed by atoms with Crippen LogP contribution >= 0.6 is 0 Å². The molecule has 5 nitrogen and oxygen atoms in total. The largest absolute Gasteiger partial charge is 0.390 e. The molecule has 1 aromatic heterocycles. The summed E-state index contributed by atoms with van der Waals surface area (Å²) in [5, 5.41) is 9.11. The predicted molar refractivity (Wildman–Crippen MR) is 78.8 cm³/mol. The molecule has 2 heterocycles. The van der Waals surface area contributed by atoms with Crippen LogP contribution in [0.15, 0.2) is 36.7 Å². The van der Waals surface area contributed by atoms with Gasteiger partial charge in [0.15, 0.2) is 0 Å². The van der Waals surface area contributed by atoms with Gasteiger partial charge in [0.25, 0.3) is 0 Å². The molecule has 0 spiro atoms. The smallest absolute Gasteiger partial charge is 0.147 e. The number of nitrogens with zero attached hydrogens (tertiary/aromatic N) is 4. The molecule has 110 valence electrons. The predicted octanol–water partition coefficient (Wildman–Crippen LogP) is 1.43. The Morgan fingerprint density at radius 1 is 1.05 bits per heavy atom. The number of aromatic nitrogens is 2. The SMILES string of the molecule is OCc1cncc(N2CCN(c3ccccc3F)CC2)n1. The minimum absolute atomic E-state index is 0.115. The average molecular weight is 288 g/mol. The first-order chi connectivity index (χ1) is 10.3. The minimum atomic E-state index is -0.187. The van der Waals surface area contributed by atoms with E-state index in [0.29, 0.717) is 11.4 Å². The van der Waals surface area contributed by atoms with E-state index in [9.17, 15) is 4.39 Å². The van der Waals surface area contributed by atoms with Crippen LogP contribution in [-0.4, -0.2) is 41.3 Å². The molecule has 1 aromatic carbocycles. The lowest BCUT2D eigenvalue weighted by Crippen LogP contribution is -2.47. The Labute approximate surface area is 122 Å². The van der Waals surface area contributed by atoms with Crippen LogP contribution in [0.5, 0.6) is 0 Å². The highest BCUT2D eigenvalue weighted by Crippen LogP contribution is 2.21. The Bertz CT molecular complexity index is 614. The van der Waals surface area contributed by atoms with Crippen LogP contribution in [0.25, 0.3) is 0 Å². The fraction of sp³-hybridized carbons (Fsp3) is 0.333. The molecule has 21 heavy (non-hydrogen) atoms. The van der Waals surface area contributed by atoms with Gasteiger partial charge in [-0.1, -0.05) is 12.1 Å². The van der Waals surface area contributed by atoms with E-state index in [2.05, 4.69) is 14.9 Å². The topological polar surface area (TPSA) is 52.5 Å². The molecule has 0 bridgehead atoms. The van der Waals surface area contributed by atoms with Crippen molar-refractivity contribution in [2.45, 2.75) is 6.61 Å². The summed E-state index contributed by atoms with van der Waals surface area (Å²) in [6, 6.07) is 6.83. The molecule has 0 atom stereocenters. The standard InChI is InChI=1S/C15H17FN4O/c16-13-3-1-2-4-14(13)19-5-7-20(8-6-19)15-10-17-9-12(11-21)18-15/h1-4,9-10,21H,5-8,11H2. The number of aliphatic hydroxyl groups excluding tert-OH is 1. The van der Waals surface area contributed by atoms with E-state index in [-0.39, 0.29) is 12.4 Å². The average Bonchev–Trinajstić information content (AvgIpc) is 2.56. The molecule has 1 aliphatic heterocycles. The van der Waals surface area contributed by atoms with Gasteiger partial charge in [0, 0.05) is 26.2 Å². The number of para-hydroxylation sites is 1. The summed E-state index contributed by atoms with van der Waals surface area (Å²) in [7, 11) is 0. The van der Waals surface area contributed by atoms with Gasteiger partial charge < -0.3 is 14.9 Å². The second-order valence-electron chi connectivity index (χ2n) is 4.95. The first kappa shape index (κ1) is 13.8. The zero-order chi connectivity index (χ0) is 14.7. The van der Waals surface area contributed by atoms with Gasteiger partial charge in [-0.05, 0) is 12.1 Å². The number of benzene rings is 1. The lowest BCUT2D eigenvalue weighted by atomic mass is 10.2. The maximum Gasteiger partial charge on any atom is 0.147 e. The van der Waals surface area contributed by atoms with Crippen molar-refractivity contribution in [3.05, 3.63) is 48.2 Å². The molecule has 1 fully saturated rings. The second kappa shape index (κ2) is 6.05. The first-order valence-electron chi connectivity index (χ1n) is 6.94. The minimum Gasteiger partial charge on any atom is -0.390 e. The summed E-state index contributed by atoms with van der Waals surface area (Å²) < 4.78 is 13.8. The third kappa shape index (κ3) is 2.95. The molecule has 1 N–H and O–H groups in total. The summed E-state index contributed by atoms with van der Waals surface area (Å²) in [5.41, 5.74) is 1.20. The molecular formula is C15H17FN4O. The van der Waals surface area contributed by atoms with Crippen LogP contribution < -0.4 is 9.80 Å². The Morgan fingerprint density at radius 2 is 1.76 bits per heavy atom. The fourth-order valence-corrected chi connectivity index (χ4v) is 2.51. The van der Waals surface area contributed by atoms with Crippen molar-refractivity contribution >= 4 is 11.5 Å². The molecule has 0 saturated carbocycles. The van der Waals surface area contributed by atoms with Gasteiger partial charge in [0.05, 0.1) is 30.4 Å². The first-order valence-corrected chi connectivity index (χ1v) is 6.94. The van der Waals surface area contributed by atoms with Crippen molar-refractivity contribution in [2.24, 2.45) is 0 Å². The maximum absolute atomic E-state index is 13.8. The monoisotopic (exact) mass is 288 g/mol. The lowest BCUT2D eigenvalue weighted by Gasteiger charge is -2.36. The van der Waals surface area contributed by atoms with Crippen molar-refractivity contribution in [1.29, 1.82) is 0 Å². The summed E-state index contributed by atoms with van der Waals surface area (Å²) in [5.74, 6) is 0.572. The van der Waals surface area contributed by atoms with Gasteiger partial charge in [0.1, 0.15) is 11.6 Å². The molecular weight excluding hydrogens is 271 g/mol. The summed E-state index contributed by atoms with van der Waals surface area (Å²) in [4.78, 5) is 12.6. The number of rotatable bonds is 3. The van der Waals surface area contributed by atoms with Crippen LogP contribution in [0, 0.1) is 5.82 Å². The zero-order valence-electron chi connectivity index (χ0n) is 11.6. The molecule has 1 saturated heterocycles. The molecule has 0 radical (unpaired) electrons. The van der Waals surface area contributed by atoms with E-state index in [1.165, 1.54) is 6.07 Å². The fourth-order valence-electron chi connectivity index (χ4n) is 2.51. The molecule has 1 aliphatic rings. The molecule has 3 rings (SSSR count). The van der Waals surface area contributed by atoms with Gasteiger partial charge in [-0.15, -0.1) is 0 Å². The van der Waals surface area contributed by atoms with Crippen LogP contribution in [0.3, 0.4) is 0 Å². The summed E-state index contributed by atoms with van der Waals surface area (Å²) in [6.45, 7) is 2.84. The Balaban J connectivity index is 1.69. The van der Waals surface area contributed by atoms with Gasteiger partial charge >= 0.3 is 0 Å². The third-order valence-corrected chi connectivity index (χ3v) is 3.63. The zero-order valence-corrected chi connectivity index (χ0v) is 11.6. The molecule has 2 aromatic rings. The number of hydrogen-bond donors (Lipinski definition) is 1. The number of aliphatic hydroxyl groups is 1. The van der Waals surface area contributed by atoms with E-state index < -0.39 is 0 Å². The Morgan fingerprint density at radius 3 is 2.48 bits per heavy atom. The highest BCUT2D eigenvalue weighted by atomic mass is 19.1. The number of halogens is 1. The Hall–Kier alpha value is -2.21.